The fourth-order valence-electron chi connectivity index (χ4n) is 3.26. The predicted molar refractivity (Wildman–Crippen MR) is 103 cm³/mol. The highest BCUT2D eigenvalue weighted by Gasteiger charge is 2.28. The number of piperazine rings is 1. The fourth-order valence-corrected chi connectivity index (χ4v) is 3.69. The first-order chi connectivity index (χ1) is 12.6. The van der Waals surface area contributed by atoms with Crippen molar-refractivity contribution in [2.75, 3.05) is 49.5 Å². The van der Waals surface area contributed by atoms with Gasteiger partial charge in [0.1, 0.15) is 12.2 Å². The maximum Gasteiger partial charge on any atom is 0.190 e. The van der Waals surface area contributed by atoms with Gasteiger partial charge >= 0.3 is 0 Å². The number of benzene rings is 1. The number of Topliss-reactive ketones (excluding diaryl/α,β-unsaturated/α-hetero) is 1. The van der Waals surface area contributed by atoms with Crippen LogP contribution in [0.5, 0.6) is 0 Å². The molecule has 2 N–H and O–H groups in total. The maximum absolute atomic E-state index is 12.3. The van der Waals surface area contributed by atoms with Crippen LogP contribution in [0, 0.1) is 0 Å². The van der Waals surface area contributed by atoms with Crippen LogP contribution in [0.2, 0.25) is 5.02 Å². The van der Waals surface area contributed by atoms with Crippen LogP contribution in [0.1, 0.15) is 0 Å². The summed E-state index contributed by atoms with van der Waals surface area (Å²) in [5.74, 6) is -0.0768. The highest BCUT2D eigenvalue weighted by Crippen LogP contribution is 2.33. The molecule has 1 aromatic rings. The quantitative estimate of drug-likeness (QED) is 0.773. The van der Waals surface area contributed by atoms with Crippen molar-refractivity contribution in [3.05, 3.63) is 46.4 Å². The highest BCUT2D eigenvalue weighted by atomic mass is 35.5. The van der Waals surface area contributed by atoms with Crippen LogP contribution in [-0.4, -0.2) is 49.5 Å². The minimum atomic E-state index is -0.0768. The van der Waals surface area contributed by atoms with E-state index in [9.17, 15) is 4.79 Å². The molecule has 0 aliphatic carbocycles. The minimum Gasteiger partial charge on any atom is -0.369 e. The molecule has 26 heavy (non-hydrogen) atoms. The van der Waals surface area contributed by atoms with Crippen LogP contribution >= 0.6 is 23.4 Å². The zero-order chi connectivity index (χ0) is 18.1. The van der Waals surface area contributed by atoms with Crippen LogP contribution in [0.4, 0.5) is 11.4 Å². The molecule has 0 atom stereocenters. The second kappa shape index (κ2) is 7.26. The number of rotatable bonds is 3. The first-order valence-corrected chi connectivity index (χ1v) is 9.14. The predicted octanol–water partition coefficient (Wildman–Crippen LogP) is 2.76. The van der Waals surface area contributed by atoms with Crippen molar-refractivity contribution in [1.82, 2.24) is 9.74 Å². The summed E-state index contributed by atoms with van der Waals surface area (Å²) in [6.45, 7) is 4.24. The van der Waals surface area contributed by atoms with Crippen molar-refractivity contribution < 1.29 is 4.79 Å². The van der Waals surface area contributed by atoms with E-state index in [2.05, 4.69) is 25.8 Å². The first kappa shape index (κ1) is 17.3. The average molecular weight is 393 g/mol. The number of carbonyl (C=O) groups excluding carboxylic acids is 1. The van der Waals surface area contributed by atoms with Crippen LogP contribution in [0.3, 0.4) is 0 Å². The summed E-state index contributed by atoms with van der Waals surface area (Å²) in [7, 11) is 0. The molecule has 3 aliphatic rings. The van der Waals surface area contributed by atoms with Gasteiger partial charge in [0.05, 0.1) is 22.8 Å². The van der Waals surface area contributed by atoms with E-state index in [1.807, 2.05) is 18.2 Å². The number of ketones is 1. The lowest BCUT2D eigenvalue weighted by Gasteiger charge is -2.30. The van der Waals surface area contributed by atoms with Gasteiger partial charge in [0.25, 0.3) is 0 Å². The molecule has 0 bridgehead atoms. The molecule has 7 nitrogen and oxygen atoms in total. The number of nitrogens with zero attached hydrogens (tertiary/aromatic N) is 4. The number of halogens is 2. The van der Waals surface area contributed by atoms with Crippen LogP contribution in [0.25, 0.3) is 0 Å². The van der Waals surface area contributed by atoms with Crippen molar-refractivity contribution in [3.63, 3.8) is 0 Å². The molecule has 0 amide bonds. The Labute approximate surface area is 161 Å². The molecule has 0 radical (unpaired) electrons. The largest absolute Gasteiger partial charge is 0.369 e. The smallest absolute Gasteiger partial charge is 0.190 e. The summed E-state index contributed by atoms with van der Waals surface area (Å²) in [6, 6.07) is 5.91. The van der Waals surface area contributed by atoms with Gasteiger partial charge < -0.3 is 15.5 Å². The molecule has 1 fully saturated rings. The summed E-state index contributed by atoms with van der Waals surface area (Å²) >= 11 is 12.6. The number of hydrogen-bond donors (Lipinski definition) is 2. The summed E-state index contributed by atoms with van der Waals surface area (Å²) in [5, 5.41) is 15.1. The van der Waals surface area contributed by atoms with Crippen LogP contribution in [0.15, 0.2) is 51.6 Å². The molecular formula is C17H18Cl2N6O. The average Bonchev–Trinajstić information content (AvgIpc) is 2.64. The number of allylic oxidation sites excluding steroid dienone is 1. The molecule has 0 aromatic heterocycles. The fraction of sp³-hybridized carbons (Fsp3) is 0.353. The van der Waals surface area contributed by atoms with E-state index in [0.717, 1.165) is 37.6 Å². The molecule has 0 saturated carbocycles. The maximum atomic E-state index is 12.3. The Kier molecular flexibility index (Phi) is 4.84. The second-order valence-electron chi connectivity index (χ2n) is 6.27. The molecule has 4 rings (SSSR count). The normalized spacial score (nSPS) is 20.2. The molecule has 0 spiro atoms. The van der Waals surface area contributed by atoms with Crippen molar-refractivity contribution in [1.29, 1.82) is 0 Å². The van der Waals surface area contributed by atoms with Crippen molar-refractivity contribution >= 4 is 40.5 Å². The Bertz CT molecular complexity index is 829. The minimum absolute atomic E-state index is 0.0514. The van der Waals surface area contributed by atoms with E-state index >= 15 is 0 Å². The number of azo groups is 1. The van der Waals surface area contributed by atoms with Gasteiger partial charge in [0.2, 0.25) is 0 Å². The van der Waals surface area contributed by atoms with Gasteiger partial charge in [-0.15, -0.1) is 0 Å². The van der Waals surface area contributed by atoms with E-state index in [1.165, 1.54) is 4.42 Å². The van der Waals surface area contributed by atoms with Gasteiger partial charge in [-0.3, -0.25) is 9.21 Å². The lowest BCUT2D eigenvalue weighted by molar-refractivity contribution is -0.114. The Morgan fingerprint density at radius 2 is 2.04 bits per heavy atom. The SMILES string of the molecule is O=C1CN=NC2=CN(Cl)CC(Nc3ccc(N4CCNCC4)cc3Cl)=C12. The molecule has 3 aliphatic heterocycles. The highest BCUT2D eigenvalue weighted by molar-refractivity contribution is 6.33. The lowest BCUT2D eigenvalue weighted by atomic mass is 10.0. The summed E-state index contributed by atoms with van der Waals surface area (Å²) < 4.78 is 1.45. The number of carbonyl (C=O) groups is 1. The monoisotopic (exact) mass is 392 g/mol. The van der Waals surface area contributed by atoms with Gasteiger partial charge in [0.15, 0.2) is 5.78 Å². The Morgan fingerprint density at radius 1 is 1.23 bits per heavy atom. The summed E-state index contributed by atoms with van der Waals surface area (Å²) in [6.07, 6.45) is 1.61. The van der Waals surface area contributed by atoms with E-state index in [4.69, 9.17) is 23.4 Å². The third-order valence-corrected chi connectivity index (χ3v) is 5.05. The van der Waals surface area contributed by atoms with Gasteiger partial charge in [-0.05, 0) is 18.2 Å². The van der Waals surface area contributed by atoms with E-state index in [-0.39, 0.29) is 12.3 Å². The molecule has 1 saturated heterocycles. The van der Waals surface area contributed by atoms with Crippen molar-refractivity contribution in [2.45, 2.75) is 0 Å². The standard InChI is InChI=1S/C17H18Cl2N6O/c18-12-7-11(24-5-3-20-4-6-24)1-2-13(12)22-14-9-25(19)10-15-17(14)16(26)8-21-23-15/h1-2,7,10,20,22H,3-6,8-9H2. The van der Waals surface area contributed by atoms with Gasteiger partial charge in [-0.25, -0.2) is 0 Å². The van der Waals surface area contributed by atoms with Crippen LogP contribution in [-0.2, 0) is 4.79 Å². The zero-order valence-electron chi connectivity index (χ0n) is 14.0. The van der Waals surface area contributed by atoms with Crippen LogP contribution < -0.4 is 15.5 Å². The molecule has 1 aromatic carbocycles. The molecule has 3 heterocycles. The number of anilines is 2. The summed E-state index contributed by atoms with van der Waals surface area (Å²) in [5.41, 5.74) is 3.50. The lowest BCUT2D eigenvalue weighted by Crippen LogP contribution is -2.43. The summed E-state index contributed by atoms with van der Waals surface area (Å²) in [4.78, 5) is 14.6. The Morgan fingerprint density at radius 3 is 2.81 bits per heavy atom. The topological polar surface area (TPSA) is 72.3 Å². The van der Waals surface area contributed by atoms with Crippen molar-refractivity contribution in [2.24, 2.45) is 10.2 Å². The Balaban J connectivity index is 1.61. The molecule has 9 heteroatoms. The number of nitrogens with one attached hydrogen (secondary N) is 2. The third kappa shape index (κ3) is 3.42. The first-order valence-electron chi connectivity index (χ1n) is 8.42. The molecular weight excluding hydrogens is 375 g/mol. The van der Waals surface area contributed by atoms with Gasteiger partial charge in [0, 0.05) is 55.5 Å². The second-order valence-corrected chi connectivity index (χ2v) is 7.12. The van der Waals surface area contributed by atoms with Gasteiger partial charge in [-0.2, -0.15) is 10.2 Å². The van der Waals surface area contributed by atoms with Gasteiger partial charge in [-0.1, -0.05) is 11.6 Å². The number of hydrogen-bond acceptors (Lipinski definition) is 7. The molecule has 136 valence electrons. The Hall–Kier alpha value is -2.09. The number of fused-ring (bicyclic) bond motifs is 1. The van der Waals surface area contributed by atoms with Crippen molar-refractivity contribution in [3.8, 4) is 0 Å². The zero-order valence-corrected chi connectivity index (χ0v) is 15.5. The van der Waals surface area contributed by atoms with E-state index in [0.29, 0.717) is 28.5 Å². The van der Waals surface area contributed by atoms with E-state index < -0.39 is 0 Å². The third-order valence-electron chi connectivity index (χ3n) is 4.52. The molecule has 0 unspecified atom stereocenters. The van der Waals surface area contributed by atoms with E-state index in [1.54, 1.807) is 6.20 Å².